The van der Waals surface area contributed by atoms with Crippen molar-refractivity contribution in [1.82, 2.24) is 4.57 Å². The molecule has 0 unspecified atom stereocenters. The molecule has 1 N–H and O–H groups in total. The molecule has 0 saturated carbocycles. The van der Waals surface area contributed by atoms with Gasteiger partial charge in [-0.3, -0.25) is 4.79 Å². The highest BCUT2D eigenvalue weighted by atomic mass is 19.2. The molecule has 19 heavy (non-hydrogen) atoms. The van der Waals surface area contributed by atoms with Crippen molar-refractivity contribution in [3.8, 4) is 0 Å². The van der Waals surface area contributed by atoms with Crippen LogP contribution in [-0.2, 0) is 0 Å². The average molecular weight is 269 g/mol. The Hall–Kier alpha value is -2.57. The van der Waals surface area contributed by atoms with Crippen LogP contribution in [0.3, 0.4) is 0 Å². The molecule has 0 fully saturated rings. The molecule has 0 amide bonds. The predicted octanol–water partition coefficient (Wildman–Crippen LogP) is 2.38. The molecule has 0 saturated heterocycles. The van der Waals surface area contributed by atoms with Crippen LogP contribution in [0.4, 0.5) is 13.2 Å². The summed E-state index contributed by atoms with van der Waals surface area (Å²) in [5.41, 5.74) is -1.77. The predicted molar refractivity (Wildman–Crippen MR) is 61.5 cm³/mol. The SMILES string of the molecule is O=C(O)c1cn(/C=C/F)c2cc(F)c(F)cc2c1=O. The number of hydrogen-bond donors (Lipinski definition) is 1. The number of fused-ring (bicyclic) bond motifs is 1. The third-order valence-corrected chi connectivity index (χ3v) is 2.52. The number of hydrogen-bond acceptors (Lipinski definition) is 2. The number of benzene rings is 1. The Balaban J connectivity index is 3.00. The van der Waals surface area contributed by atoms with Crippen LogP contribution in [0.1, 0.15) is 10.4 Å². The molecule has 1 aromatic heterocycles. The van der Waals surface area contributed by atoms with Crippen molar-refractivity contribution in [3.63, 3.8) is 0 Å². The largest absolute Gasteiger partial charge is 0.477 e. The van der Waals surface area contributed by atoms with Crippen molar-refractivity contribution in [2.75, 3.05) is 0 Å². The van der Waals surface area contributed by atoms with Gasteiger partial charge in [-0.2, -0.15) is 0 Å². The first kappa shape index (κ1) is 12.9. The Labute approximate surface area is 104 Å². The van der Waals surface area contributed by atoms with Gasteiger partial charge in [0.05, 0.1) is 10.9 Å². The summed E-state index contributed by atoms with van der Waals surface area (Å²) in [6.07, 6.45) is 1.70. The molecule has 0 radical (unpaired) electrons. The minimum atomic E-state index is -1.54. The van der Waals surface area contributed by atoms with E-state index in [0.717, 1.165) is 17.0 Å². The number of nitrogens with zero attached hydrogens (tertiary/aromatic N) is 1. The van der Waals surface area contributed by atoms with Crippen LogP contribution in [0.25, 0.3) is 17.1 Å². The number of rotatable bonds is 2. The average Bonchev–Trinajstić information content (AvgIpc) is 2.35. The first-order valence-corrected chi connectivity index (χ1v) is 4.99. The number of pyridine rings is 1. The first-order valence-electron chi connectivity index (χ1n) is 4.99. The smallest absolute Gasteiger partial charge is 0.341 e. The van der Waals surface area contributed by atoms with Crippen LogP contribution in [0.5, 0.6) is 0 Å². The summed E-state index contributed by atoms with van der Waals surface area (Å²) in [6, 6.07) is 1.28. The second kappa shape index (κ2) is 4.60. The summed E-state index contributed by atoms with van der Waals surface area (Å²) >= 11 is 0. The molecule has 1 heterocycles. The molecule has 0 aliphatic rings. The number of carbonyl (C=O) groups is 1. The van der Waals surface area contributed by atoms with Crippen LogP contribution < -0.4 is 5.43 Å². The summed E-state index contributed by atoms with van der Waals surface area (Å²) in [6.45, 7) is 0. The number of carboxylic acid groups (broad SMARTS) is 1. The number of carboxylic acids is 1. The lowest BCUT2D eigenvalue weighted by molar-refractivity contribution is 0.0695. The Morgan fingerprint density at radius 1 is 1.26 bits per heavy atom. The molecule has 4 nitrogen and oxygen atoms in total. The fourth-order valence-electron chi connectivity index (χ4n) is 1.68. The third kappa shape index (κ3) is 2.10. The zero-order valence-electron chi connectivity index (χ0n) is 9.23. The molecule has 0 atom stereocenters. The molecule has 0 spiro atoms. The van der Waals surface area contributed by atoms with E-state index in [1.54, 1.807) is 0 Å². The van der Waals surface area contributed by atoms with Gasteiger partial charge in [0.15, 0.2) is 11.6 Å². The summed E-state index contributed by atoms with van der Waals surface area (Å²) in [4.78, 5) is 22.7. The molecule has 1 aromatic carbocycles. The summed E-state index contributed by atoms with van der Waals surface area (Å²) in [5, 5.41) is 8.49. The lowest BCUT2D eigenvalue weighted by Crippen LogP contribution is -2.18. The number of halogens is 3. The maximum absolute atomic E-state index is 13.1. The molecule has 98 valence electrons. The topological polar surface area (TPSA) is 59.3 Å². The van der Waals surface area contributed by atoms with Gasteiger partial charge in [0, 0.05) is 18.5 Å². The Morgan fingerprint density at radius 2 is 1.89 bits per heavy atom. The van der Waals surface area contributed by atoms with E-state index in [-0.39, 0.29) is 17.2 Å². The minimum absolute atomic E-state index is 0.0802. The van der Waals surface area contributed by atoms with Gasteiger partial charge in [-0.1, -0.05) is 0 Å². The standard InChI is InChI=1S/C12H6F3NO3/c13-1-2-16-5-7(12(18)19)11(17)6-3-8(14)9(15)4-10(6)16/h1-5H,(H,18,19)/b2-1+. The van der Waals surface area contributed by atoms with Gasteiger partial charge < -0.3 is 9.67 Å². The molecule has 0 bridgehead atoms. The van der Waals surface area contributed by atoms with E-state index in [4.69, 9.17) is 5.11 Å². The van der Waals surface area contributed by atoms with Crippen molar-refractivity contribution in [2.45, 2.75) is 0 Å². The van der Waals surface area contributed by atoms with Gasteiger partial charge >= 0.3 is 5.97 Å². The van der Waals surface area contributed by atoms with Crippen molar-refractivity contribution in [1.29, 1.82) is 0 Å². The molecular formula is C12H6F3NO3. The van der Waals surface area contributed by atoms with Gasteiger partial charge in [-0.05, 0) is 6.07 Å². The van der Waals surface area contributed by atoms with Crippen LogP contribution in [0.2, 0.25) is 0 Å². The first-order chi connectivity index (χ1) is 8.95. The maximum atomic E-state index is 13.1. The van der Waals surface area contributed by atoms with Crippen LogP contribution in [-0.4, -0.2) is 15.6 Å². The molecule has 2 aromatic rings. The Morgan fingerprint density at radius 3 is 2.47 bits per heavy atom. The summed E-state index contributed by atoms with van der Waals surface area (Å²) in [7, 11) is 0. The molecule has 7 heteroatoms. The van der Waals surface area contributed by atoms with Crippen molar-refractivity contribution < 1.29 is 23.1 Å². The van der Waals surface area contributed by atoms with E-state index in [0.29, 0.717) is 12.1 Å². The van der Waals surface area contributed by atoms with E-state index in [1.165, 1.54) is 0 Å². The van der Waals surface area contributed by atoms with Gasteiger partial charge in [0.25, 0.3) is 0 Å². The number of aromatic nitrogens is 1. The fraction of sp³-hybridized carbons (Fsp3) is 0. The second-order valence-corrected chi connectivity index (χ2v) is 3.64. The highest BCUT2D eigenvalue weighted by Gasteiger charge is 2.16. The van der Waals surface area contributed by atoms with E-state index in [2.05, 4.69) is 0 Å². The Bertz CT molecular complexity index is 765. The van der Waals surface area contributed by atoms with E-state index in [1.807, 2.05) is 0 Å². The van der Waals surface area contributed by atoms with Gasteiger partial charge in [0.1, 0.15) is 11.9 Å². The molecular weight excluding hydrogens is 263 g/mol. The lowest BCUT2D eigenvalue weighted by atomic mass is 10.1. The lowest BCUT2D eigenvalue weighted by Gasteiger charge is -2.08. The minimum Gasteiger partial charge on any atom is -0.477 e. The van der Waals surface area contributed by atoms with Crippen LogP contribution in [0, 0.1) is 11.6 Å². The van der Waals surface area contributed by atoms with Crippen LogP contribution >= 0.6 is 0 Å². The van der Waals surface area contributed by atoms with Crippen molar-refractivity contribution in [3.05, 3.63) is 52.1 Å². The normalized spacial score (nSPS) is 11.3. The quantitative estimate of drug-likeness (QED) is 0.910. The van der Waals surface area contributed by atoms with E-state index < -0.39 is 28.6 Å². The van der Waals surface area contributed by atoms with Gasteiger partial charge in [-0.15, -0.1) is 0 Å². The van der Waals surface area contributed by atoms with Gasteiger partial charge in [0.2, 0.25) is 5.43 Å². The second-order valence-electron chi connectivity index (χ2n) is 3.64. The maximum Gasteiger partial charge on any atom is 0.341 e. The Kier molecular flexibility index (Phi) is 3.12. The van der Waals surface area contributed by atoms with E-state index >= 15 is 0 Å². The molecule has 2 rings (SSSR count). The monoisotopic (exact) mass is 269 g/mol. The highest BCUT2D eigenvalue weighted by Crippen LogP contribution is 2.17. The zero-order valence-corrected chi connectivity index (χ0v) is 9.23. The summed E-state index contributed by atoms with van der Waals surface area (Å²) in [5.74, 6) is -4.06. The molecule has 0 aliphatic carbocycles. The highest BCUT2D eigenvalue weighted by molar-refractivity contribution is 5.93. The number of aromatic carboxylic acids is 1. The summed E-state index contributed by atoms with van der Waals surface area (Å²) < 4.78 is 39.4. The van der Waals surface area contributed by atoms with Crippen LogP contribution in [0.15, 0.2) is 29.5 Å². The van der Waals surface area contributed by atoms with Crippen molar-refractivity contribution in [2.24, 2.45) is 0 Å². The zero-order chi connectivity index (χ0) is 14.2. The van der Waals surface area contributed by atoms with Crippen molar-refractivity contribution >= 4 is 23.1 Å². The molecule has 0 aliphatic heterocycles. The van der Waals surface area contributed by atoms with E-state index in [9.17, 15) is 22.8 Å². The third-order valence-electron chi connectivity index (χ3n) is 2.52. The fourth-order valence-corrected chi connectivity index (χ4v) is 1.68. The van der Waals surface area contributed by atoms with Gasteiger partial charge in [-0.25, -0.2) is 18.0 Å².